The topological polar surface area (TPSA) is 63.1 Å². The zero-order valence-electron chi connectivity index (χ0n) is 15.0. The van der Waals surface area contributed by atoms with Crippen molar-refractivity contribution in [3.8, 4) is 0 Å². The number of nitrogens with one attached hydrogen (secondary N) is 1. The van der Waals surface area contributed by atoms with Crippen LogP contribution >= 0.6 is 0 Å². The minimum absolute atomic E-state index is 0.0532. The molecular formula is C18H25N5O. The van der Waals surface area contributed by atoms with Gasteiger partial charge in [-0.05, 0) is 37.1 Å². The summed E-state index contributed by atoms with van der Waals surface area (Å²) in [6.07, 6.45) is 0. The number of aryl methyl sites for hydroxylation is 3. The van der Waals surface area contributed by atoms with E-state index in [1.165, 1.54) is 0 Å². The Morgan fingerprint density at radius 3 is 2.38 bits per heavy atom. The number of urea groups is 1. The van der Waals surface area contributed by atoms with Gasteiger partial charge >= 0.3 is 6.03 Å². The van der Waals surface area contributed by atoms with Crippen LogP contribution < -0.4 is 5.32 Å². The highest BCUT2D eigenvalue weighted by molar-refractivity contribution is 5.90. The van der Waals surface area contributed by atoms with Gasteiger partial charge in [-0.25, -0.2) is 9.78 Å². The molecule has 2 heterocycles. The van der Waals surface area contributed by atoms with Gasteiger partial charge in [0.25, 0.3) is 0 Å². The van der Waals surface area contributed by atoms with Crippen LogP contribution in [-0.4, -0.2) is 38.8 Å². The molecule has 0 unspecified atom stereocenters. The fourth-order valence-corrected chi connectivity index (χ4v) is 3.07. The molecule has 24 heavy (non-hydrogen) atoms. The summed E-state index contributed by atoms with van der Waals surface area (Å²) < 4.78 is 1.85. The van der Waals surface area contributed by atoms with Crippen molar-refractivity contribution in [1.29, 1.82) is 0 Å². The fourth-order valence-electron chi connectivity index (χ4n) is 3.07. The predicted molar refractivity (Wildman–Crippen MR) is 94.3 cm³/mol. The third-order valence-corrected chi connectivity index (χ3v) is 4.34. The second kappa shape index (κ2) is 6.26. The molecule has 128 valence electrons. The number of hydrogen-bond acceptors (Lipinski definition) is 3. The first-order chi connectivity index (χ1) is 11.3. The van der Waals surface area contributed by atoms with Crippen molar-refractivity contribution in [2.24, 2.45) is 7.05 Å². The number of carbonyl (C=O) groups is 1. The molecule has 3 rings (SSSR count). The largest absolute Gasteiger partial charge is 0.323 e. The summed E-state index contributed by atoms with van der Waals surface area (Å²) in [7, 11) is 1.92. The van der Waals surface area contributed by atoms with E-state index < -0.39 is 0 Å². The zero-order valence-corrected chi connectivity index (χ0v) is 15.0. The molecule has 1 saturated heterocycles. The number of carbonyl (C=O) groups excluding carboxylic acids is 1. The average Bonchev–Trinajstić information content (AvgIpc) is 2.78. The molecule has 0 spiro atoms. The van der Waals surface area contributed by atoms with Crippen molar-refractivity contribution in [3.05, 3.63) is 41.0 Å². The van der Waals surface area contributed by atoms with Gasteiger partial charge in [-0.15, -0.1) is 0 Å². The molecular weight excluding hydrogens is 302 g/mol. The molecule has 0 radical (unpaired) electrons. The van der Waals surface area contributed by atoms with Crippen molar-refractivity contribution in [3.63, 3.8) is 0 Å². The Morgan fingerprint density at radius 2 is 1.83 bits per heavy atom. The van der Waals surface area contributed by atoms with Gasteiger partial charge in [-0.1, -0.05) is 19.9 Å². The molecule has 0 bridgehead atoms. The van der Waals surface area contributed by atoms with E-state index in [0.29, 0.717) is 19.0 Å². The summed E-state index contributed by atoms with van der Waals surface area (Å²) in [5, 5.41) is 7.44. The number of likely N-dealkylation sites (tertiary alicyclic amines) is 1. The molecule has 0 saturated carbocycles. The van der Waals surface area contributed by atoms with Gasteiger partial charge in [0.05, 0.1) is 5.92 Å². The summed E-state index contributed by atoms with van der Waals surface area (Å²) in [5.41, 5.74) is 3.14. The van der Waals surface area contributed by atoms with Crippen LogP contribution in [0.1, 0.15) is 48.5 Å². The number of nitrogens with zero attached hydrogens (tertiary/aromatic N) is 4. The van der Waals surface area contributed by atoms with Crippen molar-refractivity contribution < 1.29 is 4.79 Å². The van der Waals surface area contributed by atoms with E-state index in [4.69, 9.17) is 0 Å². The number of aromatic nitrogens is 3. The molecule has 6 nitrogen and oxygen atoms in total. The molecule has 1 aromatic heterocycles. The monoisotopic (exact) mass is 327 g/mol. The van der Waals surface area contributed by atoms with Crippen molar-refractivity contribution in [2.75, 3.05) is 18.4 Å². The van der Waals surface area contributed by atoms with Crippen LogP contribution in [0.2, 0.25) is 0 Å². The van der Waals surface area contributed by atoms with Crippen molar-refractivity contribution >= 4 is 11.7 Å². The van der Waals surface area contributed by atoms with Crippen molar-refractivity contribution in [1.82, 2.24) is 19.7 Å². The van der Waals surface area contributed by atoms with Gasteiger partial charge in [-0.2, -0.15) is 5.10 Å². The van der Waals surface area contributed by atoms with Gasteiger partial charge in [0, 0.05) is 31.7 Å². The van der Waals surface area contributed by atoms with Crippen LogP contribution in [-0.2, 0) is 7.05 Å². The predicted octanol–water partition coefficient (Wildman–Crippen LogP) is 3.19. The third-order valence-electron chi connectivity index (χ3n) is 4.34. The van der Waals surface area contributed by atoms with Gasteiger partial charge in [-0.3, -0.25) is 4.68 Å². The highest BCUT2D eigenvalue weighted by Gasteiger charge is 2.35. The maximum absolute atomic E-state index is 12.4. The molecule has 2 aromatic rings. The number of amides is 2. The van der Waals surface area contributed by atoms with E-state index in [9.17, 15) is 4.79 Å². The van der Waals surface area contributed by atoms with E-state index in [-0.39, 0.29) is 11.9 Å². The molecule has 2 amide bonds. The standard InChI is InChI=1S/C18H25N5O/c1-11(2)16-20-17(22(5)21-16)14-9-23(10-14)18(24)19-15-7-12(3)6-13(4)8-15/h6-8,11,14H,9-10H2,1-5H3,(H,19,24). The lowest BCUT2D eigenvalue weighted by Crippen LogP contribution is -2.51. The van der Waals surface area contributed by atoms with Crippen LogP contribution in [0.25, 0.3) is 0 Å². The lowest BCUT2D eigenvalue weighted by Gasteiger charge is -2.38. The maximum atomic E-state index is 12.4. The van der Waals surface area contributed by atoms with Crippen LogP contribution in [0.5, 0.6) is 0 Å². The lowest BCUT2D eigenvalue weighted by atomic mass is 10.00. The highest BCUT2D eigenvalue weighted by Crippen LogP contribution is 2.27. The van der Waals surface area contributed by atoms with E-state index in [1.807, 2.05) is 42.6 Å². The molecule has 1 fully saturated rings. The molecule has 6 heteroatoms. The van der Waals surface area contributed by atoms with Crippen LogP contribution in [0.4, 0.5) is 10.5 Å². The minimum atomic E-state index is -0.0532. The number of rotatable bonds is 3. The maximum Gasteiger partial charge on any atom is 0.321 e. The smallest absolute Gasteiger partial charge is 0.321 e. The Balaban J connectivity index is 1.61. The zero-order chi connectivity index (χ0) is 17.4. The van der Waals surface area contributed by atoms with Gasteiger partial charge < -0.3 is 10.2 Å². The summed E-state index contributed by atoms with van der Waals surface area (Å²) >= 11 is 0. The van der Waals surface area contributed by atoms with Gasteiger partial charge in [0.1, 0.15) is 5.82 Å². The van der Waals surface area contributed by atoms with Crippen molar-refractivity contribution in [2.45, 2.75) is 39.5 Å². The molecule has 0 atom stereocenters. The van der Waals surface area contributed by atoms with E-state index >= 15 is 0 Å². The highest BCUT2D eigenvalue weighted by atomic mass is 16.2. The van der Waals surface area contributed by atoms with Gasteiger partial charge in [0.2, 0.25) is 0 Å². The van der Waals surface area contributed by atoms with Crippen LogP contribution in [0.3, 0.4) is 0 Å². The Hall–Kier alpha value is -2.37. The first-order valence-electron chi connectivity index (χ1n) is 8.38. The normalized spacial score (nSPS) is 14.8. The molecule has 0 aliphatic carbocycles. The molecule has 1 aliphatic rings. The minimum Gasteiger partial charge on any atom is -0.323 e. The first-order valence-corrected chi connectivity index (χ1v) is 8.38. The summed E-state index contributed by atoms with van der Waals surface area (Å²) in [6, 6.07) is 6.01. The SMILES string of the molecule is Cc1cc(C)cc(NC(=O)N2CC(c3nc(C(C)C)nn3C)C2)c1. The van der Waals surface area contributed by atoms with Crippen LogP contribution in [0.15, 0.2) is 18.2 Å². The lowest BCUT2D eigenvalue weighted by molar-refractivity contribution is 0.159. The summed E-state index contributed by atoms with van der Waals surface area (Å²) in [6.45, 7) is 9.60. The Labute approximate surface area is 142 Å². The molecule has 1 aliphatic heterocycles. The van der Waals surface area contributed by atoms with E-state index in [2.05, 4.69) is 35.3 Å². The van der Waals surface area contributed by atoms with Crippen LogP contribution in [0, 0.1) is 13.8 Å². The fraction of sp³-hybridized carbons (Fsp3) is 0.500. The Bertz CT molecular complexity index is 739. The van der Waals surface area contributed by atoms with Gasteiger partial charge in [0.15, 0.2) is 5.82 Å². The Morgan fingerprint density at radius 1 is 1.21 bits per heavy atom. The second-order valence-corrected chi connectivity index (χ2v) is 7.01. The second-order valence-electron chi connectivity index (χ2n) is 7.01. The first kappa shape index (κ1) is 16.5. The quantitative estimate of drug-likeness (QED) is 0.941. The van der Waals surface area contributed by atoms with E-state index in [0.717, 1.165) is 28.5 Å². The third kappa shape index (κ3) is 3.27. The number of benzene rings is 1. The number of hydrogen-bond donors (Lipinski definition) is 1. The van der Waals surface area contributed by atoms with E-state index in [1.54, 1.807) is 0 Å². The Kier molecular flexibility index (Phi) is 4.30. The summed E-state index contributed by atoms with van der Waals surface area (Å²) in [5.74, 6) is 2.41. The molecule has 1 N–H and O–H groups in total. The number of anilines is 1. The average molecular weight is 327 g/mol. The summed E-state index contributed by atoms with van der Waals surface area (Å²) in [4.78, 5) is 18.8. The molecule has 1 aromatic carbocycles.